The van der Waals surface area contributed by atoms with Crippen LogP contribution in [0.3, 0.4) is 0 Å². The summed E-state index contributed by atoms with van der Waals surface area (Å²) in [6.07, 6.45) is 0.732. The van der Waals surface area contributed by atoms with Crippen molar-refractivity contribution in [2.45, 2.75) is 33.2 Å². The van der Waals surface area contributed by atoms with Crippen LogP contribution in [-0.4, -0.2) is 32.1 Å². The minimum atomic E-state index is -0.713. The maximum atomic E-state index is 12.6. The largest absolute Gasteiger partial charge is 0.497 e. The first-order valence-corrected chi connectivity index (χ1v) is 7.88. The lowest BCUT2D eigenvalue weighted by Crippen LogP contribution is -2.45. The molecule has 0 radical (unpaired) electrons. The third-order valence-electron chi connectivity index (χ3n) is 4.30. The number of furan rings is 1. The maximum Gasteiger partial charge on any atom is 0.328 e. The molecule has 0 aliphatic carbocycles. The molecule has 0 spiro atoms. The van der Waals surface area contributed by atoms with Crippen molar-refractivity contribution in [3.63, 3.8) is 0 Å². The Morgan fingerprint density at radius 3 is 2.58 bits per heavy atom. The zero-order valence-electron chi connectivity index (χ0n) is 14.6. The molecule has 130 valence electrons. The van der Waals surface area contributed by atoms with Crippen LogP contribution in [0.1, 0.15) is 36.4 Å². The predicted molar refractivity (Wildman–Crippen MR) is 90.2 cm³/mol. The topological polar surface area (TPSA) is 77.8 Å². The van der Waals surface area contributed by atoms with Crippen LogP contribution in [0, 0.1) is 12.8 Å². The lowest BCUT2D eigenvalue weighted by atomic mass is 9.99. The minimum Gasteiger partial charge on any atom is -0.497 e. The molecule has 2 aromatic rings. The van der Waals surface area contributed by atoms with Gasteiger partial charge >= 0.3 is 5.97 Å². The fourth-order valence-corrected chi connectivity index (χ4v) is 2.55. The highest BCUT2D eigenvalue weighted by Crippen LogP contribution is 2.29. The van der Waals surface area contributed by atoms with Crippen LogP contribution >= 0.6 is 0 Å². The number of hydrogen-bond donors (Lipinski definition) is 1. The van der Waals surface area contributed by atoms with E-state index in [1.54, 1.807) is 26.2 Å². The SMILES string of the molecule is CCC(C)C(NC(=O)c1oc2ccc(OC)cc2c1C)C(=O)OC. The van der Waals surface area contributed by atoms with Crippen molar-refractivity contribution < 1.29 is 23.5 Å². The number of rotatable bonds is 6. The normalized spacial score (nSPS) is 13.4. The summed E-state index contributed by atoms with van der Waals surface area (Å²) in [6.45, 7) is 5.64. The number of nitrogens with one attached hydrogen (secondary N) is 1. The average molecular weight is 333 g/mol. The van der Waals surface area contributed by atoms with E-state index in [1.165, 1.54) is 7.11 Å². The molecule has 0 bridgehead atoms. The second-order valence-electron chi connectivity index (χ2n) is 5.78. The molecule has 1 N–H and O–H groups in total. The fourth-order valence-electron chi connectivity index (χ4n) is 2.55. The average Bonchev–Trinajstić information content (AvgIpc) is 2.94. The lowest BCUT2D eigenvalue weighted by Gasteiger charge is -2.21. The molecule has 6 heteroatoms. The molecule has 0 aliphatic rings. The van der Waals surface area contributed by atoms with Crippen LogP contribution in [0.5, 0.6) is 5.75 Å². The number of methoxy groups -OCH3 is 2. The first-order chi connectivity index (χ1) is 11.4. The van der Waals surface area contributed by atoms with Crippen molar-refractivity contribution in [2.24, 2.45) is 5.92 Å². The van der Waals surface area contributed by atoms with Crippen molar-refractivity contribution in [1.82, 2.24) is 5.32 Å². The van der Waals surface area contributed by atoms with Crippen LogP contribution < -0.4 is 10.1 Å². The summed E-state index contributed by atoms with van der Waals surface area (Å²) in [4.78, 5) is 24.5. The zero-order valence-corrected chi connectivity index (χ0v) is 14.6. The van der Waals surface area contributed by atoms with E-state index < -0.39 is 17.9 Å². The van der Waals surface area contributed by atoms with E-state index in [9.17, 15) is 9.59 Å². The Hall–Kier alpha value is -2.50. The number of hydrogen-bond acceptors (Lipinski definition) is 5. The van der Waals surface area contributed by atoms with Gasteiger partial charge in [0, 0.05) is 10.9 Å². The monoisotopic (exact) mass is 333 g/mol. The van der Waals surface area contributed by atoms with E-state index in [0.717, 1.165) is 11.8 Å². The number of carbonyl (C=O) groups excluding carboxylic acids is 2. The van der Waals surface area contributed by atoms with Gasteiger partial charge in [-0.3, -0.25) is 4.79 Å². The number of fused-ring (bicyclic) bond motifs is 1. The fraction of sp³-hybridized carbons (Fsp3) is 0.444. The molecule has 2 rings (SSSR count). The number of esters is 1. The molecular formula is C18H23NO5. The first-order valence-electron chi connectivity index (χ1n) is 7.88. The standard InChI is InChI=1S/C18H23NO5/c1-6-10(2)15(18(21)23-5)19-17(20)16-11(3)13-9-12(22-4)7-8-14(13)24-16/h7-10,15H,6H2,1-5H3,(H,19,20). The summed E-state index contributed by atoms with van der Waals surface area (Å²) in [5.74, 6) is -0.0708. The number of ether oxygens (including phenoxy) is 2. The van der Waals surface area contributed by atoms with Gasteiger partial charge in [0.05, 0.1) is 14.2 Å². The smallest absolute Gasteiger partial charge is 0.328 e. The van der Waals surface area contributed by atoms with Crippen molar-refractivity contribution >= 4 is 22.8 Å². The molecule has 2 unspecified atom stereocenters. The molecule has 6 nitrogen and oxygen atoms in total. The number of amides is 1. The Balaban J connectivity index is 2.33. The summed E-state index contributed by atoms with van der Waals surface area (Å²) in [6, 6.07) is 4.63. The molecule has 24 heavy (non-hydrogen) atoms. The van der Waals surface area contributed by atoms with E-state index in [2.05, 4.69) is 5.32 Å². The summed E-state index contributed by atoms with van der Waals surface area (Å²) >= 11 is 0. The van der Waals surface area contributed by atoms with Gasteiger partial charge in [-0.2, -0.15) is 0 Å². The van der Waals surface area contributed by atoms with Crippen LogP contribution in [0.15, 0.2) is 22.6 Å². The Morgan fingerprint density at radius 2 is 2.00 bits per heavy atom. The van der Waals surface area contributed by atoms with Gasteiger partial charge < -0.3 is 19.2 Å². The molecule has 1 aromatic heterocycles. The Labute approximate surface area is 141 Å². The molecular weight excluding hydrogens is 310 g/mol. The van der Waals surface area contributed by atoms with Crippen molar-refractivity contribution in [2.75, 3.05) is 14.2 Å². The van der Waals surface area contributed by atoms with E-state index in [-0.39, 0.29) is 11.7 Å². The second kappa shape index (κ2) is 7.38. The third-order valence-corrected chi connectivity index (χ3v) is 4.30. The highest BCUT2D eigenvalue weighted by molar-refractivity contribution is 6.00. The van der Waals surface area contributed by atoms with Gasteiger partial charge in [-0.05, 0) is 31.0 Å². The van der Waals surface area contributed by atoms with E-state index in [0.29, 0.717) is 16.9 Å². The zero-order chi connectivity index (χ0) is 17.9. The summed E-state index contributed by atoms with van der Waals surface area (Å²) in [7, 11) is 2.89. The van der Waals surface area contributed by atoms with Gasteiger partial charge in [-0.1, -0.05) is 20.3 Å². The van der Waals surface area contributed by atoms with Gasteiger partial charge in [0.1, 0.15) is 17.4 Å². The van der Waals surface area contributed by atoms with Gasteiger partial charge in [-0.15, -0.1) is 0 Å². The van der Waals surface area contributed by atoms with Crippen LogP contribution in [0.4, 0.5) is 0 Å². The van der Waals surface area contributed by atoms with Crippen molar-refractivity contribution in [3.8, 4) is 5.75 Å². The molecule has 0 saturated heterocycles. The Morgan fingerprint density at radius 1 is 1.29 bits per heavy atom. The second-order valence-corrected chi connectivity index (χ2v) is 5.78. The Bertz CT molecular complexity index is 749. The van der Waals surface area contributed by atoms with Gasteiger partial charge in [0.25, 0.3) is 5.91 Å². The molecule has 1 aromatic carbocycles. The van der Waals surface area contributed by atoms with Gasteiger partial charge in [-0.25, -0.2) is 4.79 Å². The minimum absolute atomic E-state index is 0.0498. The molecule has 0 saturated carbocycles. The lowest BCUT2D eigenvalue weighted by molar-refractivity contribution is -0.144. The first kappa shape index (κ1) is 17.8. The van der Waals surface area contributed by atoms with Crippen molar-refractivity contribution in [1.29, 1.82) is 0 Å². The quantitative estimate of drug-likeness (QED) is 0.822. The number of carbonyl (C=O) groups is 2. The molecule has 0 fully saturated rings. The van der Waals surface area contributed by atoms with E-state index >= 15 is 0 Å². The maximum absolute atomic E-state index is 12.6. The van der Waals surface area contributed by atoms with E-state index in [4.69, 9.17) is 13.9 Å². The summed E-state index contributed by atoms with van der Waals surface area (Å²) < 4.78 is 15.7. The highest BCUT2D eigenvalue weighted by Gasteiger charge is 2.29. The molecule has 0 aliphatic heterocycles. The van der Waals surface area contributed by atoms with Crippen LogP contribution in [-0.2, 0) is 9.53 Å². The summed E-state index contributed by atoms with van der Waals surface area (Å²) in [5.41, 5.74) is 1.30. The number of aryl methyl sites for hydroxylation is 1. The molecule has 1 heterocycles. The van der Waals surface area contributed by atoms with Crippen LogP contribution in [0.25, 0.3) is 11.0 Å². The predicted octanol–water partition coefficient (Wildman–Crippen LogP) is 3.07. The molecule has 2 atom stereocenters. The van der Waals surface area contributed by atoms with Crippen molar-refractivity contribution in [3.05, 3.63) is 29.5 Å². The molecule has 1 amide bonds. The third kappa shape index (κ3) is 3.37. The highest BCUT2D eigenvalue weighted by atomic mass is 16.5. The number of benzene rings is 1. The van der Waals surface area contributed by atoms with Gasteiger partial charge in [0.2, 0.25) is 0 Å². The van der Waals surface area contributed by atoms with E-state index in [1.807, 2.05) is 19.9 Å². The van der Waals surface area contributed by atoms with Crippen LogP contribution in [0.2, 0.25) is 0 Å². The Kier molecular flexibility index (Phi) is 5.49. The van der Waals surface area contributed by atoms with Gasteiger partial charge in [0.15, 0.2) is 5.76 Å². The summed E-state index contributed by atoms with van der Waals surface area (Å²) in [5, 5.41) is 3.53.